The number of aliphatic hydroxyl groups is 1. The Hall–Kier alpha value is -0.610. The SMILES string of the molecule is CN(CCCCCO)C1CCCNC(=O)C1. The van der Waals surface area contributed by atoms with E-state index in [4.69, 9.17) is 5.11 Å². The molecule has 1 rings (SSSR count). The number of hydrogen-bond acceptors (Lipinski definition) is 3. The number of carbonyl (C=O) groups is 1. The van der Waals surface area contributed by atoms with Gasteiger partial charge < -0.3 is 15.3 Å². The standard InChI is InChI=1S/C12H24N2O2/c1-14(8-3-2-4-9-15)11-6-5-7-13-12(16)10-11/h11,15H,2-10H2,1H3,(H,13,16). The second kappa shape index (κ2) is 7.63. The molecule has 94 valence electrons. The molecule has 0 aliphatic carbocycles. The number of carbonyl (C=O) groups excluding carboxylic acids is 1. The molecule has 1 amide bonds. The predicted octanol–water partition coefficient (Wildman–Crippen LogP) is 0.749. The van der Waals surface area contributed by atoms with Crippen molar-refractivity contribution in [1.29, 1.82) is 0 Å². The average molecular weight is 228 g/mol. The molecule has 0 radical (unpaired) electrons. The summed E-state index contributed by atoms with van der Waals surface area (Å²) in [7, 11) is 2.10. The van der Waals surface area contributed by atoms with Crippen LogP contribution in [0.1, 0.15) is 38.5 Å². The Bertz CT molecular complexity index is 209. The average Bonchev–Trinajstić information content (AvgIpc) is 2.49. The van der Waals surface area contributed by atoms with Gasteiger partial charge in [-0.2, -0.15) is 0 Å². The second-order valence-electron chi connectivity index (χ2n) is 4.62. The molecule has 1 aliphatic heterocycles. The zero-order valence-electron chi connectivity index (χ0n) is 10.2. The molecule has 1 atom stereocenters. The van der Waals surface area contributed by atoms with E-state index in [2.05, 4.69) is 17.3 Å². The minimum atomic E-state index is 0.185. The van der Waals surface area contributed by atoms with Crippen molar-refractivity contribution in [3.05, 3.63) is 0 Å². The maximum absolute atomic E-state index is 11.4. The summed E-state index contributed by atoms with van der Waals surface area (Å²) in [4.78, 5) is 13.7. The van der Waals surface area contributed by atoms with Crippen molar-refractivity contribution >= 4 is 5.91 Å². The third-order valence-electron chi connectivity index (χ3n) is 3.25. The first kappa shape index (κ1) is 13.5. The van der Waals surface area contributed by atoms with Crippen LogP contribution >= 0.6 is 0 Å². The van der Waals surface area contributed by atoms with E-state index in [1.807, 2.05) is 0 Å². The number of rotatable bonds is 6. The summed E-state index contributed by atoms with van der Waals surface area (Å²) >= 11 is 0. The Morgan fingerprint density at radius 2 is 2.25 bits per heavy atom. The summed E-state index contributed by atoms with van der Waals surface area (Å²) < 4.78 is 0. The van der Waals surface area contributed by atoms with Crippen molar-refractivity contribution in [1.82, 2.24) is 10.2 Å². The van der Waals surface area contributed by atoms with E-state index in [0.29, 0.717) is 12.5 Å². The maximum atomic E-state index is 11.4. The molecule has 1 aliphatic rings. The van der Waals surface area contributed by atoms with Gasteiger partial charge in [-0.3, -0.25) is 4.79 Å². The monoisotopic (exact) mass is 228 g/mol. The van der Waals surface area contributed by atoms with E-state index in [9.17, 15) is 4.79 Å². The van der Waals surface area contributed by atoms with Gasteiger partial charge in [-0.1, -0.05) is 0 Å². The second-order valence-corrected chi connectivity index (χ2v) is 4.62. The zero-order chi connectivity index (χ0) is 11.8. The first-order valence-electron chi connectivity index (χ1n) is 6.32. The first-order valence-corrected chi connectivity index (χ1v) is 6.32. The van der Waals surface area contributed by atoms with Crippen molar-refractivity contribution in [3.8, 4) is 0 Å². The highest BCUT2D eigenvalue weighted by atomic mass is 16.2. The lowest BCUT2D eigenvalue weighted by Gasteiger charge is -2.26. The summed E-state index contributed by atoms with van der Waals surface area (Å²) in [5.41, 5.74) is 0. The fourth-order valence-corrected chi connectivity index (χ4v) is 2.16. The van der Waals surface area contributed by atoms with Crippen molar-refractivity contribution in [3.63, 3.8) is 0 Å². The molecule has 0 spiro atoms. The number of amides is 1. The number of nitrogens with zero attached hydrogens (tertiary/aromatic N) is 1. The van der Waals surface area contributed by atoms with Crippen LogP contribution in [0.5, 0.6) is 0 Å². The topological polar surface area (TPSA) is 52.6 Å². The quantitative estimate of drug-likeness (QED) is 0.660. The number of unbranched alkanes of at least 4 members (excludes halogenated alkanes) is 2. The van der Waals surface area contributed by atoms with Crippen LogP contribution in [0.3, 0.4) is 0 Å². The predicted molar refractivity (Wildman–Crippen MR) is 64.2 cm³/mol. The molecule has 0 bridgehead atoms. The van der Waals surface area contributed by atoms with Crippen LogP contribution in [0.2, 0.25) is 0 Å². The molecule has 0 aromatic rings. The normalized spacial score (nSPS) is 21.9. The fraction of sp³-hybridized carbons (Fsp3) is 0.917. The van der Waals surface area contributed by atoms with E-state index in [1.165, 1.54) is 0 Å². The zero-order valence-corrected chi connectivity index (χ0v) is 10.2. The molecule has 16 heavy (non-hydrogen) atoms. The van der Waals surface area contributed by atoms with Gasteiger partial charge in [-0.25, -0.2) is 0 Å². The highest BCUT2D eigenvalue weighted by Gasteiger charge is 2.20. The molecule has 1 unspecified atom stereocenters. The van der Waals surface area contributed by atoms with Crippen molar-refractivity contribution in [2.75, 3.05) is 26.7 Å². The first-order chi connectivity index (χ1) is 7.74. The van der Waals surface area contributed by atoms with Crippen LogP contribution in [-0.4, -0.2) is 48.7 Å². The largest absolute Gasteiger partial charge is 0.396 e. The minimum absolute atomic E-state index is 0.185. The van der Waals surface area contributed by atoms with Gasteiger partial charge in [0.2, 0.25) is 5.91 Å². The Balaban J connectivity index is 2.22. The lowest BCUT2D eigenvalue weighted by molar-refractivity contribution is -0.121. The van der Waals surface area contributed by atoms with Crippen LogP contribution in [0.4, 0.5) is 0 Å². The van der Waals surface area contributed by atoms with E-state index in [0.717, 1.165) is 45.2 Å². The minimum Gasteiger partial charge on any atom is -0.396 e. The molecule has 0 aromatic heterocycles. The maximum Gasteiger partial charge on any atom is 0.221 e. The smallest absolute Gasteiger partial charge is 0.221 e. The van der Waals surface area contributed by atoms with Gasteiger partial charge in [0, 0.05) is 25.6 Å². The summed E-state index contributed by atoms with van der Waals surface area (Å²) in [6, 6.07) is 0.400. The molecular formula is C12H24N2O2. The van der Waals surface area contributed by atoms with Gasteiger partial charge in [0.25, 0.3) is 0 Å². The van der Waals surface area contributed by atoms with Gasteiger partial charge in [-0.05, 0) is 45.7 Å². The van der Waals surface area contributed by atoms with Crippen molar-refractivity contribution in [2.24, 2.45) is 0 Å². The third kappa shape index (κ3) is 4.94. The van der Waals surface area contributed by atoms with Gasteiger partial charge in [0.15, 0.2) is 0 Å². The molecule has 1 saturated heterocycles. The highest BCUT2D eigenvalue weighted by Crippen LogP contribution is 2.13. The van der Waals surface area contributed by atoms with E-state index in [-0.39, 0.29) is 12.5 Å². The van der Waals surface area contributed by atoms with Gasteiger partial charge >= 0.3 is 0 Å². The molecule has 4 nitrogen and oxygen atoms in total. The summed E-state index contributed by atoms with van der Waals surface area (Å²) in [5.74, 6) is 0.185. The van der Waals surface area contributed by atoms with Crippen LogP contribution < -0.4 is 5.32 Å². The van der Waals surface area contributed by atoms with Crippen molar-refractivity contribution < 1.29 is 9.90 Å². The van der Waals surface area contributed by atoms with Crippen LogP contribution in [0.15, 0.2) is 0 Å². The number of nitrogens with one attached hydrogen (secondary N) is 1. The highest BCUT2D eigenvalue weighted by molar-refractivity contribution is 5.76. The van der Waals surface area contributed by atoms with E-state index < -0.39 is 0 Å². The molecule has 0 saturated carbocycles. The van der Waals surface area contributed by atoms with Gasteiger partial charge in [0.05, 0.1) is 0 Å². The van der Waals surface area contributed by atoms with E-state index in [1.54, 1.807) is 0 Å². The summed E-state index contributed by atoms with van der Waals surface area (Å²) in [6.45, 7) is 2.14. The Labute approximate surface area is 98.0 Å². The van der Waals surface area contributed by atoms with Crippen LogP contribution in [0.25, 0.3) is 0 Å². The van der Waals surface area contributed by atoms with Gasteiger partial charge in [0.1, 0.15) is 0 Å². The molecule has 0 aromatic carbocycles. The van der Waals surface area contributed by atoms with Crippen LogP contribution in [-0.2, 0) is 4.79 Å². The Morgan fingerprint density at radius 1 is 1.44 bits per heavy atom. The number of aliphatic hydroxyl groups excluding tert-OH is 1. The molecule has 1 heterocycles. The van der Waals surface area contributed by atoms with Crippen LogP contribution in [0, 0.1) is 0 Å². The lowest BCUT2D eigenvalue weighted by Crippen LogP contribution is -2.35. The molecule has 1 fully saturated rings. The number of hydrogen-bond donors (Lipinski definition) is 2. The molecule has 2 N–H and O–H groups in total. The lowest BCUT2D eigenvalue weighted by atomic mass is 10.1. The van der Waals surface area contributed by atoms with Gasteiger partial charge in [-0.15, -0.1) is 0 Å². The van der Waals surface area contributed by atoms with E-state index >= 15 is 0 Å². The summed E-state index contributed by atoms with van der Waals surface area (Å²) in [6.07, 6.45) is 5.89. The third-order valence-corrected chi connectivity index (χ3v) is 3.25. The Kier molecular flexibility index (Phi) is 6.42. The molecule has 4 heteroatoms. The summed E-state index contributed by atoms with van der Waals surface area (Å²) in [5, 5.41) is 11.6. The fourth-order valence-electron chi connectivity index (χ4n) is 2.16. The molecular weight excluding hydrogens is 204 g/mol. The Morgan fingerprint density at radius 3 is 3.00 bits per heavy atom. The van der Waals surface area contributed by atoms with Crippen molar-refractivity contribution in [2.45, 2.75) is 44.6 Å².